The molecular formula is C16H23N3O3. The molecule has 1 fully saturated rings. The molecule has 1 saturated heterocycles. The third-order valence-electron chi connectivity index (χ3n) is 3.74. The van der Waals surface area contributed by atoms with E-state index in [1.165, 1.54) is 7.11 Å². The summed E-state index contributed by atoms with van der Waals surface area (Å²) >= 11 is 0. The van der Waals surface area contributed by atoms with E-state index >= 15 is 0 Å². The van der Waals surface area contributed by atoms with Crippen molar-refractivity contribution in [3.05, 3.63) is 29.8 Å². The lowest BCUT2D eigenvalue weighted by Crippen LogP contribution is -2.40. The van der Waals surface area contributed by atoms with Crippen LogP contribution in [0.2, 0.25) is 0 Å². The maximum absolute atomic E-state index is 12.6. The molecule has 0 bridgehead atoms. The van der Waals surface area contributed by atoms with E-state index < -0.39 is 6.04 Å². The number of hydrogen-bond donors (Lipinski definition) is 2. The number of nitrogens with zero attached hydrogens (tertiary/aromatic N) is 1. The first-order valence-corrected chi connectivity index (χ1v) is 7.57. The fourth-order valence-corrected chi connectivity index (χ4v) is 2.53. The van der Waals surface area contributed by atoms with Gasteiger partial charge in [-0.15, -0.1) is 0 Å². The Morgan fingerprint density at radius 1 is 1.27 bits per heavy atom. The van der Waals surface area contributed by atoms with Crippen molar-refractivity contribution in [1.82, 2.24) is 4.90 Å². The van der Waals surface area contributed by atoms with Crippen molar-refractivity contribution in [2.24, 2.45) is 5.73 Å². The van der Waals surface area contributed by atoms with Crippen molar-refractivity contribution in [3.8, 4) is 0 Å². The van der Waals surface area contributed by atoms with Crippen LogP contribution in [0.1, 0.15) is 29.6 Å². The number of piperidine rings is 1. The Kier molecular flexibility index (Phi) is 5.91. The van der Waals surface area contributed by atoms with Gasteiger partial charge in [-0.1, -0.05) is 12.1 Å². The van der Waals surface area contributed by atoms with Crippen LogP contribution in [0.15, 0.2) is 24.3 Å². The summed E-state index contributed by atoms with van der Waals surface area (Å²) in [6.07, 6.45) is 3.21. The van der Waals surface area contributed by atoms with Gasteiger partial charge < -0.3 is 20.7 Å². The first kappa shape index (κ1) is 16.5. The predicted octanol–water partition coefficient (Wildman–Crippen LogP) is 1.22. The average molecular weight is 305 g/mol. The Hall–Kier alpha value is -1.92. The highest BCUT2D eigenvalue weighted by Crippen LogP contribution is 2.20. The fraction of sp³-hybridized carbons (Fsp3) is 0.500. The summed E-state index contributed by atoms with van der Waals surface area (Å²) in [5.74, 6) is -0.406. The Balaban J connectivity index is 2.12. The van der Waals surface area contributed by atoms with Gasteiger partial charge in [0.1, 0.15) is 6.04 Å². The van der Waals surface area contributed by atoms with Gasteiger partial charge in [-0.05, 0) is 31.4 Å². The monoisotopic (exact) mass is 305 g/mol. The number of nitrogens with two attached hydrogens (primary N) is 1. The number of benzene rings is 1. The predicted molar refractivity (Wildman–Crippen MR) is 84.7 cm³/mol. The summed E-state index contributed by atoms with van der Waals surface area (Å²) in [6, 6.07) is 6.26. The second-order valence-electron chi connectivity index (χ2n) is 5.45. The number of rotatable bonds is 5. The smallest absolute Gasteiger partial charge is 0.255 e. The number of amides is 2. The van der Waals surface area contributed by atoms with Crippen LogP contribution < -0.4 is 11.1 Å². The molecule has 0 spiro atoms. The fourth-order valence-electron chi connectivity index (χ4n) is 2.53. The van der Waals surface area contributed by atoms with E-state index in [-0.39, 0.29) is 18.4 Å². The molecule has 0 aliphatic carbocycles. The van der Waals surface area contributed by atoms with Gasteiger partial charge in [0.2, 0.25) is 5.91 Å². The molecule has 1 atom stereocenters. The van der Waals surface area contributed by atoms with Crippen LogP contribution in [0.25, 0.3) is 0 Å². The van der Waals surface area contributed by atoms with Crippen molar-refractivity contribution in [1.29, 1.82) is 0 Å². The first-order chi connectivity index (χ1) is 10.6. The van der Waals surface area contributed by atoms with Gasteiger partial charge in [-0.2, -0.15) is 0 Å². The highest BCUT2D eigenvalue weighted by Gasteiger charge is 2.22. The molecule has 6 nitrogen and oxygen atoms in total. The van der Waals surface area contributed by atoms with Gasteiger partial charge in [0.25, 0.3) is 5.91 Å². The number of methoxy groups -OCH3 is 1. The molecule has 1 aromatic rings. The lowest BCUT2D eigenvalue weighted by atomic mass is 10.1. The second kappa shape index (κ2) is 7.91. The van der Waals surface area contributed by atoms with Crippen LogP contribution >= 0.6 is 0 Å². The van der Waals surface area contributed by atoms with E-state index in [0.717, 1.165) is 32.4 Å². The van der Waals surface area contributed by atoms with Gasteiger partial charge in [-0.25, -0.2) is 0 Å². The molecule has 1 aromatic carbocycles. The number of nitrogens with one attached hydrogen (secondary N) is 1. The van der Waals surface area contributed by atoms with Crippen molar-refractivity contribution in [2.45, 2.75) is 25.3 Å². The summed E-state index contributed by atoms with van der Waals surface area (Å²) < 4.78 is 4.87. The Labute approximate surface area is 130 Å². The van der Waals surface area contributed by atoms with Crippen LogP contribution in [-0.4, -0.2) is 49.6 Å². The van der Waals surface area contributed by atoms with E-state index in [1.54, 1.807) is 24.3 Å². The molecule has 120 valence electrons. The molecule has 2 amide bonds. The van der Waals surface area contributed by atoms with E-state index in [0.29, 0.717) is 11.3 Å². The molecule has 1 unspecified atom stereocenters. The van der Waals surface area contributed by atoms with Crippen LogP contribution in [-0.2, 0) is 9.53 Å². The van der Waals surface area contributed by atoms with Gasteiger partial charge in [-0.3, -0.25) is 9.59 Å². The highest BCUT2D eigenvalue weighted by atomic mass is 16.5. The van der Waals surface area contributed by atoms with E-state index in [4.69, 9.17) is 10.5 Å². The third-order valence-corrected chi connectivity index (χ3v) is 3.74. The van der Waals surface area contributed by atoms with Gasteiger partial charge in [0, 0.05) is 20.2 Å². The lowest BCUT2D eigenvalue weighted by Gasteiger charge is -2.27. The molecule has 2 rings (SSSR count). The number of para-hydroxylation sites is 1. The SMILES string of the molecule is COCC(N)C(=O)Nc1ccccc1C(=O)N1CCCCC1. The maximum Gasteiger partial charge on any atom is 0.255 e. The zero-order valence-corrected chi connectivity index (χ0v) is 12.9. The normalized spacial score (nSPS) is 16.2. The van der Waals surface area contributed by atoms with Gasteiger partial charge >= 0.3 is 0 Å². The van der Waals surface area contributed by atoms with Gasteiger partial charge in [0.05, 0.1) is 17.9 Å². The van der Waals surface area contributed by atoms with E-state index in [9.17, 15) is 9.59 Å². The van der Waals surface area contributed by atoms with Crippen LogP contribution in [0.5, 0.6) is 0 Å². The Morgan fingerprint density at radius 3 is 2.64 bits per heavy atom. The molecule has 1 aliphatic heterocycles. The number of carbonyl (C=O) groups excluding carboxylic acids is 2. The molecule has 0 radical (unpaired) electrons. The van der Waals surface area contributed by atoms with E-state index in [1.807, 2.05) is 4.90 Å². The molecule has 1 heterocycles. The van der Waals surface area contributed by atoms with Crippen LogP contribution in [0.3, 0.4) is 0 Å². The number of ether oxygens (including phenoxy) is 1. The Morgan fingerprint density at radius 2 is 1.95 bits per heavy atom. The highest BCUT2D eigenvalue weighted by molar-refractivity contribution is 6.04. The molecule has 22 heavy (non-hydrogen) atoms. The summed E-state index contributed by atoms with van der Waals surface area (Å²) in [5, 5.41) is 2.72. The minimum atomic E-state index is -0.761. The second-order valence-corrected chi connectivity index (χ2v) is 5.45. The summed E-state index contributed by atoms with van der Waals surface area (Å²) in [6.45, 7) is 1.67. The zero-order chi connectivity index (χ0) is 15.9. The quantitative estimate of drug-likeness (QED) is 0.857. The molecule has 1 aliphatic rings. The minimum absolute atomic E-state index is 0.0455. The van der Waals surface area contributed by atoms with Crippen molar-refractivity contribution >= 4 is 17.5 Å². The molecule has 0 aromatic heterocycles. The summed E-state index contributed by atoms with van der Waals surface area (Å²) in [4.78, 5) is 26.5. The average Bonchev–Trinajstić information content (AvgIpc) is 2.55. The maximum atomic E-state index is 12.6. The largest absolute Gasteiger partial charge is 0.383 e. The van der Waals surface area contributed by atoms with Crippen LogP contribution in [0, 0.1) is 0 Å². The minimum Gasteiger partial charge on any atom is -0.383 e. The number of hydrogen-bond acceptors (Lipinski definition) is 4. The number of likely N-dealkylation sites (tertiary alicyclic amines) is 1. The molecular weight excluding hydrogens is 282 g/mol. The molecule has 0 saturated carbocycles. The molecule has 3 N–H and O–H groups in total. The summed E-state index contributed by atoms with van der Waals surface area (Å²) in [7, 11) is 1.49. The topological polar surface area (TPSA) is 84.7 Å². The first-order valence-electron chi connectivity index (χ1n) is 7.57. The van der Waals surface area contributed by atoms with Crippen LogP contribution in [0.4, 0.5) is 5.69 Å². The number of carbonyl (C=O) groups is 2. The van der Waals surface area contributed by atoms with E-state index in [2.05, 4.69) is 5.32 Å². The number of anilines is 1. The van der Waals surface area contributed by atoms with Gasteiger partial charge in [0.15, 0.2) is 0 Å². The summed E-state index contributed by atoms with van der Waals surface area (Å²) in [5.41, 5.74) is 6.71. The Bertz CT molecular complexity index is 527. The molecule has 6 heteroatoms. The third kappa shape index (κ3) is 4.05. The van der Waals surface area contributed by atoms with Crippen molar-refractivity contribution in [2.75, 3.05) is 32.1 Å². The van der Waals surface area contributed by atoms with Crippen molar-refractivity contribution in [3.63, 3.8) is 0 Å². The van der Waals surface area contributed by atoms with Crippen molar-refractivity contribution < 1.29 is 14.3 Å². The standard InChI is InChI=1S/C16H23N3O3/c1-22-11-13(17)15(20)18-14-8-4-3-7-12(14)16(21)19-9-5-2-6-10-19/h3-4,7-8,13H,2,5-6,9-11,17H2,1H3,(H,18,20). The zero-order valence-electron chi connectivity index (χ0n) is 12.9. The lowest BCUT2D eigenvalue weighted by molar-refractivity contribution is -0.118.